The Hall–Kier alpha value is -3.09. The Labute approximate surface area is 145 Å². The summed E-state index contributed by atoms with van der Waals surface area (Å²) in [5.41, 5.74) is 0.455. The van der Waals surface area contributed by atoms with Crippen LogP contribution >= 0.6 is 0 Å². The van der Waals surface area contributed by atoms with E-state index >= 15 is 0 Å². The Kier molecular flexibility index (Phi) is 4.83. The lowest BCUT2D eigenvalue weighted by atomic mass is 10.2. The third-order valence-electron chi connectivity index (χ3n) is 4.10. The molecule has 130 valence electrons. The minimum atomic E-state index is -0.471. The van der Waals surface area contributed by atoms with Crippen LogP contribution in [-0.4, -0.2) is 41.9 Å². The van der Waals surface area contributed by atoms with Gasteiger partial charge in [0, 0.05) is 19.7 Å². The summed E-state index contributed by atoms with van der Waals surface area (Å²) in [6.45, 7) is 0. The number of nitrogens with one attached hydrogen (secondary N) is 1. The maximum Gasteiger partial charge on any atom is 0.247 e. The van der Waals surface area contributed by atoms with Gasteiger partial charge in [-0.25, -0.2) is 4.98 Å². The van der Waals surface area contributed by atoms with Gasteiger partial charge in [-0.3, -0.25) is 9.59 Å². The van der Waals surface area contributed by atoms with E-state index in [1.165, 1.54) is 4.90 Å². The van der Waals surface area contributed by atoms with E-state index in [0.717, 1.165) is 5.75 Å². The second-order valence-electron chi connectivity index (χ2n) is 5.68. The fourth-order valence-corrected chi connectivity index (χ4v) is 2.65. The number of anilines is 1. The van der Waals surface area contributed by atoms with Crippen LogP contribution in [0.5, 0.6) is 17.4 Å². The van der Waals surface area contributed by atoms with E-state index in [2.05, 4.69) is 10.3 Å². The van der Waals surface area contributed by atoms with Gasteiger partial charge in [-0.15, -0.1) is 0 Å². The molecule has 2 aromatic rings. The number of amides is 2. The molecule has 1 aromatic carbocycles. The normalized spacial score (nSPS) is 16.6. The lowest BCUT2D eigenvalue weighted by Crippen LogP contribution is -2.38. The van der Waals surface area contributed by atoms with E-state index in [1.807, 2.05) is 0 Å². The van der Waals surface area contributed by atoms with Crippen molar-refractivity contribution >= 4 is 17.5 Å². The smallest absolute Gasteiger partial charge is 0.247 e. The van der Waals surface area contributed by atoms with Gasteiger partial charge in [0.25, 0.3) is 0 Å². The Morgan fingerprint density at radius 2 is 1.96 bits per heavy atom. The topological polar surface area (TPSA) is 80.8 Å². The fraction of sp³-hybridized carbons (Fsp3) is 0.278. The number of benzene rings is 1. The molecule has 1 N–H and O–H groups in total. The SMILES string of the molecule is COc1ccc(Oc2ncccc2NC(=O)[C@H]2CCC(=O)N2C)cc1. The molecule has 1 saturated heterocycles. The van der Waals surface area contributed by atoms with Crippen molar-refractivity contribution in [3.05, 3.63) is 42.6 Å². The summed E-state index contributed by atoms with van der Waals surface area (Å²) < 4.78 is 10.9. The van der Waals surface area contributed by atoms with E-state index in [9.17, 15) is 9.59 Å². The number of likely N-dealkylation sites (N-methyl/N-ethyl adjacent to an activating group) is 1. The summed E-state index contributed by atoms with van der Waals surface area (Å²) in [4.78, 5) is 29.7. The molecule has 2 heterocycles. The molecule has 0 aliphatic carbocycles. The van der Waals surface area contributed by atoms with Crippen molar-refractivity contribution in [1.29, 1.82) is 0 Å². The first-order valence-electron chi connectivity index (χ1n) is 7.92. The second-order valence-corrected chi connectivity index (χ2v) is 5.68. The quantitative estimate of drug-likeness (QED) is 0.903. The molecule has 0 saturated carbocycles. The standard InChI is InChI=1S/C18H19N3O4/c1-21-15(9-10-16(21)22)17(23)20-14-4-3-11-19-18(14)25-13-7-5-12(24-2)6-8-13/h3-8,11,15H,9-10H2,1-2H3,(H,20,23)/t15-/m1/s1. The average molecular weight is 341 g/mol. The Morgan fingerprint density at radius 3 is 2.60 bits per heavy atom. The lowest BCUT2D eigenvalue weighted by Gasteiger charge is -2.19. The number of rotatable bonds is 5. The van der Waals surface area contributed by atoms with Crippen LogP contribution in [0.4, 0.5) is 5.69 Å². The van der Waals surface area contributed by atoms with Gasteiger partial charge >= 0.3 is 0 Å². The number of methoxy groups -OCH3 is 1. The number of hydrogen-bond donors (Lipinski definition) is 1. The number of hydrogen-bond acceptors (Lipinski definition) is 5. The summed E-state index contributed by atoms with van der Waals surface area (Å²) in [7, 11) is 3.23. The molecule has 0 spiro atoms. The predicted molar refractivity (Wildman–Crippen MR) is 91.7 cm³/mol. The average Bonchev–Trinajstić information content (AvgIpc) is 2.96. The molecule has 2 amide bonds. The molecule has 0 unspecified atom stereocenters. The minimum Gasteiger partial charge on any atom is -0.497 e. The van der Waals surface area contributed by atoms with Gasteiger partial charge in [0.15, 0.2) is 0 Å². The minimum absolute atomic E-state index is 0.0268. The molecule has 7 nitrogen and oxygen atoms in total. The van der Waals surface area contributed by atoms with Gasteiger partial charge in [-0.1, -0.05) is 0 Å². The highest BCUT2D eigenvalue weighted by Crippen LogP contribution is 2.29. The number of aromatic nitrogens is 1. The third-order valence-corrected chi connectivity index (χ3v) is 4.10. The highest BCUT2D eigenvalue weighted by atomic mass is 16.5. The van der Waals surface area contributed by atoms with Crippen molar-refractivity contribution in [2.45, 2.75) is 18.9 Å². The molecule has 0 bridgehead atoms. The van der Waals surface area contributed by atoms with E-state index < -0.39 is 6.04 Å². The maximum atomic E-state index is 12.5. The Bertz CT molecular complexity index is 776. The van der Waals surface area contributed by atoms with Crippen LogP contribution < -0.4 is 14.8 Å². The van der Waals surface area contributed by atoms with Gasteiger partial charge in [0.2, 0.25) is 17.7 Å². The number of likely N-dealkylation sites (tertiary alicyclic amines) is 1. The number of pyridine rings is 1. The Morgan fingerprint density at radius 1 is 1.24 bits per heavy atom. The van der Waals surface area contributed by atoms with E-state index in [-0.39, 0.29) is 17.7 Å². The number of ether oxygens (including phenoxy) is 2. The Balaban J connectivity index is 1.74. The summed E-state index contributed by atoms with van der Waals surface area (Å²) in [6.07, 6.45) is 2.48. The first-order valence-corrected chi connectivity index (χ1v) is 7.92. The van der Waals surface area contributed by atoms with Gasteiger partial charge in [-0.2, -0.15) is 0 Å². The molecular weight excluding hydrogens is 322 g/mol. The summed E-state index contributed by atoms with van der Waals surface area (Å²) in [5, 5.41) is 2.80. The monoisotopic (exact) mass is 341 g/mol. The zero-order chi connectivity index (χ0) is 17.8. The molecule has 1 atom stereocenters. The predicted octanol–water partition coefficient (Wildman–Crippen LogP) is 2.44. The molecule has 0 radical (unpaired) electrons. The van der Waals surface area contributed by atoms with Crippen LogP contribution in [0.1, 0.15) is 12.8 Å². The van der Waals surface area contributed by atoms with Gasteiger partial charge in [0.05, 0.1) is 7.11 Å². The molecular formula is C18H19N3O4. The highest BCUT2D eigenvalue weighted by molar-refractivity contribution is 5.99. The zero-order valence-electron chi connectivity index (χ0n) is 14.1. The van der Waals surface area contributed by atoms with E-state index in [1.54, 1.807) is 56.8 Å². The van der Waals surface area contributed by atoms with Crippen LogP contribution in [0.2, 0.25) is 0 Å². The summed E-state index contributed by atoms with van der Waals surface area (Å²) >= 11 is 0. The molecule has 1 aromatic heterocycles. The van der Waals surface area contributed by atoms with E-state index in [0.29, 0.717) is 24.3 Å². The zero-order valence-corrected chi connectivity index (χ0v) is 14.1. The van der Waals surface area contributed by atoms with Gasteiger partial charge < -0.3 is 19.7 Å². The van der Waals surface area contributed by atoms with Crippen LogP contribution in [0, 0.1) is 0 Å². The first kappa shape index (κ1) is 16.8. The third kappa shape index (κ3) is 3.71. The molecule has 1 fully saturated rings. The van der Waals surface area contributed by atoms with Crippen molar-refractivity contribution in [3.63, 3.8) is 0 Å². The summed E-state index contributed by atoms with van der Waals surface area (Å²) in [5.74, 6) is 1.30. The van der Waals surface area contributed by atoms with Crippen molar-refractivity contribution in [1.82, 2.24) is 9.88 Å². The largest absolute Gasteiger partial charge is 0.497 e. The molecule has 1 aliphatic rings. The first-order chi connectivity index (χ1) is 12.1. The lowest BCUT2D eigenvalue weighted by molar-refractivity contribution is -0.131. The van der Waals surface area contributed by atoms with Crippen molar-refractivity contribution in [2.75, 3.05) is 19.5 Å². The van der Waals surface area contributed by atoms with Crippen molar-refractivity contribution < 1.29 is 19.1 Å². The molecule has 1 aliphatic heterocycles. The second kappa shape index (κ2) is 7.21. The van der Waals surface area contributed by atoms with E-state index in [4.69, 9.17) is 9.47 Å². The van der Waals surface area contributed by atoms with Gasteiger partial charge in [-0.05, 0) is 42.8 Å². The summed E-state index contributed by atoms with van der Waals surface area (Å²) in [6, 6.07) is 10.00. The highest BCUT2D eigenvalue weighted by Gasteiger charge is 2.33. The number of nitrogens with zero attached hydrogens (tertiary/aromatic N) is 2. The van der Waals surface area contributed by atoms with Crippen molar-refractivity contribution in [2.24, 2.45) is 0 Å². The number of carbonyl (C=O) groups excluding carboxylic acids is 2. The van der Waals surface area contributed by atoms with Crippen LogP contribution in [0.15, 0.2) is 42.6 Å². The fourth-order valence-electron chi connectivity index (χ4n) is 2.65. The molecule has 25 heavy (non-hydrogen) atoms. The van der Waals surface area contributed by atoms with Crippen LogP contribution in [0.3, 0.4) is 0 Å². The van der Waals surface area contributed by atoms with Gasteiger partial charge in [0.1, 0.15) is 23.2 Å². The number of carbonyl (C=O) groups is 2. The molecule has 3 rings (SSSR count). The maximum absolute atomic E-state index is 12.5. The van der Waals surface area contributed by atoms with Crippen molar-refractivity contribution in [3.8, 4) is 17.4 Å². The van der Waals surface area contributed by atoms with Crippen LogP contribution in [0.25, 0.3) is 0 Å². The molecule has 7 heteroatoms. The van der Waals surface area contributed by atoms with Crippen LogP contribution in [-0.2, 0) is 9.59 Å².